The van der Waals surface area contributed by atoms with Gasteiger partial charge in [0.25, 0.3) is 0 Å². The molecule has 3 atom stereocenters. The second-order valence-electron chi connectivity index (χ2n) is 7.32. The molecule has 1 aromatic rings. The Kier molecular flexibility index (Phi) is 10.0. The van der Waals surface area contributed by atoms with Gasteiger partial charge >= 0.3 is 12.0 Å². The van der Waals surface area contributed by atoms with Crippen LogP contribution in [0.4, 0.5) is 4.79 Å². The van der Waals surface area contributed by atoms with Crippen LogP contribution in [-0.4, -0.2) is 41.6 Å². The van der Waals surface area contributed by atoms with Gasteiger partial charge in [-0.25, -0.2) is 9.59 Å². The Labute approximate surface area is 166 Å². The van der Waals surface area contributed by atoms with Crippen LogP contribution in [0.3, 0.4) is 0 Å². The summed E-state index contributed by atoms with van der Waals surface area (Å²) in [6.45, 7) is 4.41. The summed E-state index contributed by atoms with van der Waals surface area (Å²) in [5.74, 6) is -2.18. The van der Waals surface area contributed by atoms with Gasteiger partial charge in [0, 0.05) is 6.04 Å². The Hall–Kier alpha value is -2.61. The summed E-state index contributed by atoms with van der Waals surface area (Å²) in [4.78, 5) is 36.0. The molecule has 8 nitrogen and oxygen atoms in total. The minimum Gasteiger partial charge on any atom is -0.480 e. The summed E-state index contributed by atoms with van der Waals surface area (Å²) in [6.07, 6.45) is 2.07. The number of nitrogens with two attached hydrogens (primary N) is 2. The van der Waals surface area contributed by atoms with Crippen LogP contribution >= 0.6 is 0 Å². The van der Waals surface area contributed by atoms with E-state index in [1.165, 1.54) is 0 Å². The van der Waals surface area contributed by atoms with Gasteiger partial charge < -0.3 is 27.2 Å². The predicted molar refractivity (Wildman–Crippen MR) is 108 cm³/mol. The number of amides is 3. The number of nitrogens with one attached hydrogen (secondary N) is 2. The van der Waals surface area contributed by atoms with Crippen molar-refractivity contribution in [3.63, 3.8) is 0 Å². The lowest BCUT2D eigenvalue weighted by Gasteiger charge is -2.28. The molecule has 1 rings (SSSR count). The van der Waals surface area contributed by atoms with Crippen LogP contribution in [0, 0.1) is 5.92 Å². The Morgan fingerprint density at radius 2 is 1.71 bits per heavy atom. The van der Waals surface area contributed by atoms with Crippen molar-refractivity contribution in [3.8, 4) is 0 Å². The van der Waals surface area contributed by atoms with Gasteiger partial charge in [0.15, 0.2) is 0 Å². The third-order valence-corrected chi connectivity index (χ3v) is 4.46. The first-order chi connectivity index (χ1) is 13.3. The molecular weight excluding hydrogens is 360 g/mol. The number of carboxylic acids is 1. The number of carbonyl (C=O) groups is 3. The zero-order chi connectivity index (χ0) is 21.1. The van der Waals surface area contributed by atoms with Crippen molar-refractivity contribution in [2.75, 3.05) is 6.54 Å². The fourth-order valence-electron chi connectivity index (χ4n) is 3.16. The topological polar surface area (TPSA) is 148 Å². The molecule has 0 heterocycles. The molecule has 3 amide bonds. The van der Waals surface area contributed by atoms with E-state index in [0.717, 1.165) is 0 Å². The highest BCUT2D eigenvalue weighted by molar-refractivity contribution is 5.85. The predicted octanol–water partition coefficient (Wildman–Crippen LogP) is 1.55. The molecule has 1 unspecified atom stereocenters. The third-order valence-electron chi connectivity index (χ3n) is 4.46. The van der Waals surface area contributed by atoms with Crippen LogP contribution in [-0.2, 0) is 9.59 Å². The Bertz CT molecular complexity index is 636. The van der Waals surface area contributed by atoms with Gasteiger partial charge in [-0.2, -0.15) is 0 Å². The van der Waals surface area contributed by atoms with E-state index in [1.807, 2.05) is 19.9 Å². The van der Waals surface area contributed by atoms with Crippen LogP contribution in [0.1, 0.15) is 51.0 Å². The van der Waals surface area contributed by atoms with E-state index in [0.29, 0.717) is 31.4 Å². The van der Waals surface area contributed by atoms with Gasteiger partial charge in [-0.15, -0.1) is 0 Å². The van der Waals surface area contributed by atoms with E-state index in [9.17, 15) is 19.5 Å². The highest BCUT2D eigenvalue weighted by Crippen LogP contribution is 2.24. The van der Waals surface area contributed by atoms with Crippen molar-refractivity contribution < 1.29 is 19.5 Å². The maximum absolute atomic E-state index is 12.5. The van der Waals surface area contributed by atoms with E-state index >= 15 is 0 Å². The van der Waals surface area contributed by atoms with E-state index in [-0.39, 0.29) is 12.3 Å². The number of urea groups is 1. The molecule has 0 spiro atoms. The van der Waals surface area contributed by atoms with Crippen molar-refractivity contribution >= 4 is 17.9 Å². The number of primary amides is 1. The maximum atomic E-state index is 12.5. The van der Waals surface area contributed by atoms with Gasteiger partial charge in [0.2, 0.25) is 5.91 Å². The average molecular weight is 393 g/mol. The number of carbonyl (C=O) groups excluding carboxylic acids is 2. The van der Waals surface area contributed by atoms with Crippen LogP contribution in [0.5, 0.6) is 0 Å². The first-order valence-electron chi connectivity index (χ1n) is 9.60. The number of hydrogen-bond donors (Lipinski definition) is 5. The summed E-state index contributed by atoms with van der Waals surface area (Å²) in [7, 11) is 0. The lowest BCUT2D eigenvalue weighted by Crippen LogP contribution is -2.52. The van der Waals surface area contributed by atoms with Crippen molar-refractivity contribution in [2.45, 2.75) is 57.5 Å². The zero-order valence-corrected chi connectivity index (χ0v) is 16.6. The van der Waals surface area contributed by atoms with Gasteiger partial charge in [0.05, 0.1) is 5.92 Å². The molecule has 0 aliphatic carbocycles. The Balaban J connectivity index is 2.92. The molecular formula is C20H32N4O4. The molecule has 0 saturated carbocycles. The lowest BCUT2D eigenvalue weighted by atomic mass is 9.86. The largest absolute Gasteiger partial charge is 0.480 e. The number of rotatable bonds is 12. The van der Waals surface area contributed by atoms with E-state index in [2.05, 4.69) is 10.6 Å². The number of carboxylic acid groups (broad SMARTS) is 1. The number of benzene rings is 1. The highest BCUT2D eigenvalue weighted by Gasteiger charge is 2.31. The molecule has 7 N–H and O–H groups in total. The van der Waals surface area contributed by atoms with Crippen LogP contribution in [0.25, 0.3) is 0 Å². The molecule has 0 fully saturated rings. The third kappa shape index (κ3) is 7.96. The molecule has 0 bridgehead atoms. The first-order valence-corrected chi connectivity index (χ1v) is 9.60. The summed E-state index contributed by atoms with van der Waals surface area (Å²) >= 11 is 0. The minimum atomic E-state index is -1.11. The normalized spacial score (nSPS) is 14.1. The Morgan fingerprint density at radius 1 is 1.07 bits per heavy atom. The lowest BCUT2D eigenvalue weighted by molar-refractivity contribution is -0.139. The fourth-order valence-corrected chi connectivity index (χ4v) is 3.16. The summed E-state index contributed by atoms with van der Waals surface area (Å²) in [6, 6.07) is 6.80. The molecule has 0 aromatic heterocycles. The smallest absolute Gasteiger partial charge is 0.326 e. The number of unbranched alkanes of at least 4 members (excludes halogenated alkanes) is 1. The molecule has 8 heteroatoms. The fraction of sp³-hybridized carbons (Fsp3) is 0.550. The Morgan fingerprint density at radius 3 is 2.21 bits per heavy atom. The van der Waals surface area contributed by atoms with Crippen LogP contribution < -0.4 is 22.1 Å². The van der Waals surface area contributed by atoms with Crippen molar-refractivity contribution in [1.29, 1.82) is 0 Å². The zero-order valence-electron chi connectivity index (χ0n) is 16.6. The molecule has 1 aromatic carbocycles. The first kappa shape index (κ1) is 23.4. The molecule has 28 heavy (non-hydrogen) atoms. The molecule has 156 valence electrons. The van der Waals surface area contributed by atoms with Gasteiger partial charge in [-0.05, 0) is 43.7 Å². The van der Waals surface area contributed by atoms with Crippen LogP contribution in [0.15, 0.2) is 30.3 Å². The van der Waals surface area contributed by atoms with Crippen molar-refractivity contribution in [3.05, 3.63) is 35.9 Å². The standard InChI is InChI=1S/C20H32N4O4/c1-13(2)12-16(17(18(22)25)14-8-4-3-5-9-14)24-20(28)23-15(19(26)27)10-6-7-11-21/h3-5,8-9,13,15-17H,6-7,10-12,21H2,1-2H3,(H2,22,25)(H,26,27)(H2,23,24,28)/t15-,16?,17+/m0/s1. The van der Waals surface area contributed by atoms with Crippen molar-refractivity contribution in [1.82, 2.24) is 10.6 Å². The van der Waals surface area contributed by atoms with Crippen molar-refractivity contribution in [2.24, 2.45) is 17.4 Å². The second-order valence-corrected chi connectivity index (χ2v) is 7.32. The monoisotopic (exact) mass is 392 g/mol. The SMILES string of the molecule is CC(C)CC(NC(=O)N[C@@H](CCCCN)C(=O)O)[C@H](C(N)=O)c1ccccc1. The van der Waals surface area contributed by atoms with Crippen LogP contribution in [0.2, 0.25) is 0 Å². The molecule has 0 aliphatic heterocycles. The average Bonchev–Trinajstić information content (AvgIpc) is 2.61. The quantitative estimate of drug-likeness (QED) is 0.342. The molecule has 0 saturated heterocycles. The molecule has 0 aliphatic rings. The number of aliphatic carboxylic acids is 1. The summed E-state index contributed by atoms with van der Waals surface area (Å²) in [5.41, 5.74) is 11.8. The van der Waals surface area contributed by atoms with Gasteiger partial charge in [-0.1, -0.05) is 44.2 Å². The number of hydrogen-bond acceptors (Lipinski definition) is 4. The highest BCUT2D eigenvalue weighted by atomic mass is 16.4. The minimum absolute atomic E-state index is 0.190. The van der Waals surface area contributed by atoms with E-state index in [1.54, 1.807) is 24.3 Å². The van der Waals surface area contributed by atoms with Gasteiger partial charge in [0.1, 0.15) is 6.04 Å². The van der Waals surface area contributed by atoms with Gasteiger partial charge in [-0.3, -0.25) is 4.79 Å². The summed E-state index contributed by atoms with van der Waals surface area (Å²) < 4.78 is 0. The second kappa shape index (κ2) is 12.0. The van der Waals surface area contributed by atoms with E-state index in [4.69, 9.17) is 11.5 Å². The van der Waals surface area contributed by atoms with E-state index < -0.39 is 35.9 Å². The molecule has 0 radical (unpaired) electrons. The summed E-state index contributed by atoms with van der Waals surface area (Å²) in [5, 5.41) is 14.6. The maximum Gasteiger partial charge on any atom is 0.326 e.